The summed E-state index contributed by atoms with van der Waals surface area (Å²) in [5, 5.41) is 15.6. The summed E-state index contributed by atoms with van der Waals surface area (Å²) >= 11 is 0. The number of nitrogens with one attached hydrogen (secondary N) is 1. The van der Waals surface area contributed by atoms with Crippen molar-refractivity contribution in [2.75, 3.05) is 7.05 Å². The number of hydrogen-bond donors (Lipinski definition) is 1. The Hall–Kier alpha value is -1.49. The molecule has 0 aromatic carbocycles. The van der Waals surface area contributed by atoms with Crippen molar-refractivity contribution in [1.29, 1.82) is 0 Å². The molecule has 14 heavy (non-hydrogen) atoms. The fourth-order valence-corrected chi connectivity index (χ4v) is 1.49. The molecule has 74 valence electrons. The molecule has 0 aliphatic rings. The predicted molar refractivity (Wildman–Crippen MR) is 52.9 cm³/mol. The normalized spacial score (nSPS) is 13.3. The van der Waals surface area contributed by atoms with Gasteiger partial charge in [0.2, 0.25) is 0 Å². The molecule has 0 aliphatic carbocycles. The second kappa shape index (κ2) is 3.71. The molecule has 2 rings (SSSR count). The van der Waals surface area contributed by atoms with Gasteiger partial charge in [-0.1, -0.05) is 6.92 Å². The Morgan fingerprint density at radius 1 is 1.50 bits per heavy atom. The SMILES string of the molecule is CCC(NC)c1nnc2cccnn12. The number of hydrogen-bond acceptors (Lipinski definition) is 4. The van der Waals surface area contributed by atoms with Gasteiger partial charge in [-0.2, -0.15) is 9.61 Å². The third-order valence-corrected chi connectivity index (χ3v) is 2.27. The van der Waals surface area contributed by atoms with Crippen LogP contribution >= 0.6 is 0 Å². The Balaban J connectivity index is 2.51. The molecule has 1 atom stereocenters. The topological polar surface area (TPSA) is 55.1 Å². The summed E-state index contributed by atoms with van der Waals surface area (Å²) < 4.78 is 1.77. The van der Waals surface area contributed by atoms with E-state index in [-0.39, 0.29) is 6.04 Å². The molecule has 0 amide bonds. The highest BCUT2D eigenvalue weighted by atomic mass is 15.4. The van der Waals surface area contributed by atoms with E-state index in [0.717, 1.165) is 17.9 Å². The first-order valence-electron chi connectivity index (χ1n) is 4.70. The van der Waals surface area contributed by atoms with Gasteiger partial charge in [-0.25, -0.2) is 0 Å². The molecule has 0 saturated heterocycles. The average molecular weight is 191 g/mol. The van der Waals surface area contributed by atoms with Crippen molar-refractivity contribution < 1.29 is 0 Å². The van der Waals surface area contributed by atoms with Crippen LogP contribution in [0.4, 0.5) is 0 Å². The van der Waals surface area contributed by atoms with Crippen molar-refractivity contribution in [3.8, 4) is 0 Å². The van der Waals surface area contributed by atoms with Gasteiger partial charge in [-0.15, -0.1) is 10.2 Å². The van der Waals surface area contributed by atoms with Gasteiger partial charge < -0.3 is 5.32 Å². The van der Waals surface area contributed by atoms with Crippen LogP contribution in [0, 0.1) is 0 Å². The third-order valence-electron chi connectivity index (χ3n) is 2.27. The minimum atomic E-state index is 0.208. The van der Waals surface area contributed by atoms with Gasteiger partial charge in [0, 0.05) is 6.20 Å². The Morgan fingerprint density at radius 3 is 3.07 bits per heavy atom. The quantitative estimate of drug-likeness (QED) is 0.779. The minimum absolute atomic E-state index is 0.208. The van der Waals surface area contributed by atoms with E-state index in [2.05, 4.69) is 27.5 Å². The highest BCUT2D eigenvalue weighted by Gasteiger charge is 2.14. The van der Waals surface area contributed by atoms with Gasteiger partial charge in [0.05, 0.1) is 6.04 Å². The summed E-state index contributed by atoms with van der Waals surface area (Å²) in [6.45, 7) is 2.10. The molecule has 0 aliphatic heterocycles. The molecule has 1 N–H and O–H groups in total. The van der Waals surface area contributed by atoms with Crippen LogP contribution in [0.2, 0.25) is 0 Å². The molecular weight excluding hydrogens is 178 g/mol. The molecule has 2 heterocycles. The van der Waals surface area contributed by atoms with Crippen molar-refractivity contribution in [3.05, 3.63) is 24.2 Å². The Morgan fingerprint density at radius 2 is 2.36 bits per heavy atom. The number of fused-ring (bicyclic) bond motifs is 1. The lowest BCUT2D eigenvalue weighted by Gasteiger charge is -2.10. The van der Waals surface area contributed by atoms with Crippen molar-refractivity contribution in [2.24, 2.45) is 0 Å². The van der Waals surface area contributed by atoms with Crippen molar-refractivity contribution in [3.63, 3.8) is 0 Å². The summed E-state index contributed by atoms with van der Waals surface area (Å²) in [5.74, 6) is 0.866. The van der Waals surface area contributed by atoms with Crippen molar-refractivity contribution in [1.82, 2.24) is 25.1 Å². The van der Waals surface area contributed by atoms with E-state index in [9.17, 15) is 0 Å². The first-order valence-corrected chi connectivity index (χ1v) is 4.70. The van der Waals surface area contributed by atoms with Crippen LogP contribution in [0.15, 0.2) is 18.3 Å². The maximum absolute atomic E-state index is 4.21. The lowest BCUT2D eigenvalue weighted by atomic mass is 10.2. The molecule has 2 aromatic rings. The van der Waals surface area contributed by atoms with Crippen LogP contribution < -0.4 is 5.32 Å². The minimum Gasteiger partial charge on any atom is -0.310 e. The second-order valence-electron chi connectivity index (χ2n) is 3.10. The van der Waals surface area contributed by atoms with Crippen LogP contribution in [0.1, 0.15) is 25.2 Å². The summed E-state index contributed by atoms with van der Waals surface area (Å²) in [6, 6.07) is 3.96. The van der Waals surface area contributed by atoms with Gasteiger partial charge in [0.25, 0.3) is 0 Å². The van der Waals surface area contributed by atoms with Gasteiger partial charge in [0.15, 0.2) is 11.5 Å². The highest BCUT2D eigenvalue weighted by molar-refractivity contribution is 5.35. The Kier molecular flexibility index (Phi) is 2.41. The first-order chi connectivity index (χ1) is 6.86. The molecule has 5 heteroatoms. The Labute approximate surface area is 82.2 Å². The van der Waals surface area contributed by atoms with Crippen LogP contribution in [0.5, 0.6) is 0 Å². The molecule has 0 radical (unpaired) electrons. The van der Waals surface area contributed by atoms with Crippen LogP contribution in [-0.2, 0) is 0 Å². The maximum Gasteiger partial charge on any atom is 0.177 e. The lowest BCUT2D eigenvalue weighted by Crippen LogP contribution is -2.18. The summed E-state index contributed by atoms with van der Waals surface area (Å²) in [5.41, 5.74) is 0.788. The second-order valence-corrected chi connectivity index (χ2v) is 3.10. The molecule has 2 aromatic heterocycles. The third kappa shape index (κ3) is 1.35. The van der Waals surface area contributed by atoms with E-state index < -0.39 is 0 Å². The highest BCUT2D eigenvalue weighted by Crippen LogP contribution is 2.13. The van der Waals surface area contributed by atoms with E-state index in [0.29, 0.717) is 0 Å². The van der Waals surface area contributed by atoms with Gasteiger partial charge >= 0.3 is 0 Å². The molecule has 0 bridgehead atoms. The zero-order chi connectivity index (χ0) is 9.97. The fourth-order valence-electron chi connectivity index (χ4n) is 1.49. The van der Waals surface area contributed by atoms with Gasteiger partial charge in [-0.3, -0.25) is 0 Å². The van der Waals surface area contributed by atoms with Gasteiger partial charge in [-0.05, 0) is 25.6 Å². The summed E-state index contributed by atoms with van der Waals surface area (Å²) in [7, 11) is 1.91. The van der Waals surface area contributed by atoms with E-state index in [1.165, 1.54) is 0 Å². The zero-order valence-corrected chi connectivity index (χ0v) is 8.31. The summed E-state index contributed by atoms with van der Waals surface area (Å²) in [6.07, 6.45) is 2.70. The molecule has 0 spiro atoms. The molecular formula is C9H13N5. The smallest absolute Gasteiger partial charge is 0.177 e. The van der Waals surface area contributed by atoms with Crippen molar-refractivity contribution in [2.45, 2.75) is 19.4 Å². The van der Waals surface area contributed by atoms with E-state index in [1.54, 1.807) is 10.7 Å². The van der Waals surface area contributed by atoms with Crippen LogP contribution in [-0.4, -0.2) is 26.9 Å². The number of nitrogens with zero attached hydrogens (tertiary/aromatic N) is 4. The van der Waals surface area contributed by atoms with E-state index >= 15 is 0 Å². The fraction of sp³-hybridized carbons (Fsp3) is 0.444. The standard InChI is InChI=1S/C9H13N5/c1-3-7(10-2)9-13-12-8-5-4-6-11-14(8)9/h4-7,10H,3H2,1-2H3. The molecule has 5 nitrogen and oxygen atoms in total. The van der Waals surface area contributed by atoms with Crippen LogP contribution in [0.3, 0.4) is 0 Å². The van der Waals surface area contributed by atoms with Crippen molar-refractivity contribution >= 4 is 5.65 Å². The predicted octanol–water partition coefficient (Wildman–Crippen LogP) is 0.795. The van der Waals surface area contributed by atoms with E-state index in [1.807, 2.05) is 19.2 Å². The molecule has 0 saturated carbocycles. The maximum atomic E-state index is 4.21. The van der Waals surface area contributed by atoms with E-state index in [4.69, 9.17) is 0 Å². The lowest BCUT2D eigenvalue weighted by molar-refractivity contribution is 0.529. The number of rotatable bonds is 3. The largest absolute Gasteiger partial charge is 0.310 e. The Bertz CT molecular complexity index is 418. The van der Waals surface area contributed by atoms with Crippen LogP contribution in [0.25, 0.3) is 5.65 Å². The molecule has 1 unspecified atom stereocenters. The monoisotopic (exact) mass is 191 g/mol. The summed E-state index contributed by atoms with van der Waals surface area (Å²) in [4.78, 5) is 0. The molecule has 0 fully saturated rings. The zero-order valence-electron chi connectivity index (χ0n) is 8.31. The number of aromatic nitrogens is 4. The van der Waals surface area contributed by atoms with Gasteiger partial charge in [0.1, 0.15) is 0 Å². The first kappa shape index (κ1) is 9.08. The average Bonchev–Trinajstić information content (AvgIpc) is 2.65.